The lowest BCUT2D eigenvalue weighted by molar-refractivity contribution is 0.0703. The molecule has 0 heterocycles. The van der Waals surface area contributed by atoms with Crippen LogP contribution in [-0.4, -0.2) is 11.0 Å². The summed E-state index contributed by atoms with van der Waals surface area (Å²) in [5.74, 6) is 0.174. The van der Waals surface area contributed by atoms with Gasteiger partial charge in [0.2, 0.25) is 0 Å². The van der Waals surface area contributed by atoms with Crippen molar-refractivity contribution in [3.8, 4) is 0 Å². The second-order valence-corrected chi connectivity index (χ2v) is 4.90. The van der Waals surface area contributed by atoms with Gasteiger partial charge in [0, 0.05) is 5.88 Å². The average Bonchev–Trinajstić information content (AvgIpc) is 2.46. The van der Waals surface area contributed by atoms with E-state index in [4.69, 9.17) is 11.6 Å². The minimum atomic E-state index is -1.12. The van der Waals surface area contributed by atoms with E-state index >= 15 is 0 Å². The predicted molar refractivity (Wildman–Crippen MR) is 75.8 cm³/mol. The van der Waals surface area contributed by atoms with Crippen LogP contribution in [0.1, 0.15) is 24.0 Å². The summed E-state index contributed by atoms with van der Waals surface area (Å²) in [5.41, 5.74) is 0.362. The highest BCUT2D eigenvalue weighted by Gasteiger charge is 2.30. The Morgan fingerprint density at radius 2 is 1.53 bits per heavy atom. The van der Waals surface area contributed by atoms with Crippen LogP contribution in [0.2, 0.25) is 0 Å². The Morgan fingerprint density at radius 3 is 2.11 bits per heavy atom. The number of benzene rings is 2. The van der Waals surface area contributed by atoms with Crippen LogP contribution in [-0.2, 0) is 5.60 Å². The summed E-state index contributed by atoms with van der Waals surface area (Å²) in [6.45, 7) is 0. The monoisotopic (exact) mass is 278 g/mol. The third-order valence-corrected chi connectivity index (χ3v) is 3.51. The molecule has 0 bridgehead atoms. The van der Waals surface area contributed by atoms with Gasteiger partial charge in [0.15, 0.2) is 0 Å². The normalized spacial score (nSPS) is 14.1. The molecule has 2 aromatic rings. The molecular weight excluding hydrogens is 263 g/mol. The van der Waals surface area contributed by atoms with E-state index in [2.05, 4.69) is 0 Å². The Kier molecular flexibility index (Phi) is 4.56. The van der Waals surface area contributed by atoms with Gasteiger partial charge in [-0.15, -0.1) is 11.6 Å². The number of rotatable bonds is 5. The highest BCUT2D eigenvalue weighted by molar-refractivity contribution is 6.17. The lowest BCUT2D eigenvalue weighted by Gasteiger charge is -2.29. The van der Waals surface area contributed by atoms with Crippen LogP contribution < -0.4 is 0 Å². The molecule has 0 amide bonds. The first-order chi connectivity index (χ1) is 9.16. The maximum Gasteiger partial charge on any atom is 0.123 e. The number of alkyl halides is 1. The zero-order valence-corrected chi connectivity index (χ0v) is 11.3. The van der Waals surface area contributed by atoms with Gasteiger partial charge in [-0.1, -0.05) is 42.5 Å². The zero-order chi connectivity index (χ0) is 13.7. The molecule has 0 aliphatic carbocycles. The molecule has 0 aromatic heterocycles. The molecule has 1 unspecified atom stereocenters. The van der Waals surface area contributed by atoms with Crippen molar-refractivity contribution in [3.63, 3.8) is 0 Å². The van der Waals surface area contributed by atoms with Gasteiger partial charge in [0.05, 0.1) is 0 Å². The molecule has 1 atom stereocenters. The van der Waals surface area contributed by atoms with Gasteiger partial charge in [-0.3, -0.25) is 0 Å². The Hall–Kier alpha value is -1.38. The lowest BCUT2D eigenvalue weighted by atomic mass is 9.83. The van der Waals surface area contributed by atoms with E-state index < -0.39 is 5.60 Å². The Balaban J connectivity index is 2.42. The molecule has 0 saturated heterocycles. The number of hydrogen-bond acceptors (Lipinski definition) is 1. The van der Waals surface area contributed by atoms with Crippen LogP contribution in [0.3, 0.4) is 0 Å². The fourth-order valence-corrected chi connectivity index (χ4v) is 2.35. The molecule has 0 radical (unpaired) electrons. The maximum atomic E-state index is 13.0. The van der Waals surface area contributed by atoms with Gasteiger partial charge in [-0.05, 0) is 36.1 Å². The highest BCUT2D eigenvalue weighted by Crippen LogP contribution is 2.34. The third-order valence-electron chi connectivity index (χ3n) is 3.25. The van der Waals surface area contributed by atoms with Crippen molar-refractivity contribution in [1.82, 2.24) is 0 Å². The summed E-state index contributed by atoms with van der Waals surface area (Å²) in [5, 5.41) is 11.0. The van der Waals surface area contributed by atoms with Crippen LogP contribution in [0.15, 0.2) is 54.6 Å². The molecule has 19 heavy (non-hydrogen) atoms. The molecule has 100 valence electrons. The van der Waals surface area contributed by atoms with Gasteiger partial charge in [-0.2, -0.15) is 0 Å². The molecule has 0 fully saturated rings. The average molecular weight is 279 g/mol. The van der Waals surface area contributed by atoms with E-state index in [9.17, 15) is 9.50 Å². The van der Waals surface area contributed by atoms with Crippen LogP contribution in [0.4, 0.5) is 4.39 Å². The van der Waals surface area contributed by atoms with E-state index in [0.29, 0.717) is 24.3 Å². The number of hydrogen-bond donors (Lipinski definition) is 1. The predicted octanol–water partition coefficient (Wildman–Crippen LogP) is 4.08. The maximum absolute atomic E-state index is 13.0. The minimum Gasteiger partial charge on any atom is -0.380 e. The molecule has 3 heteroatoms. The van der Waals surface area contributed by atoms with Crippen molar-refractivity contribution in [2.75, 3.05) is 5.88 Å². The molecule has 0 spiro atoms. The molecular formula is C16H16ClFO. The quantitative estimate of drug-likeness (QED) is 0.817. The van der Waals surface area contributed by atoms with Crippen molar-refractivity contribution in [3.05, 3.63) is 71.5 Å². The largest absolute Gasteiger partial charge is 0.380 e. The Bertz CT molecular complexity index is 512. The van der Waals surface area contributed by atoms with E-state index in [-0.39, 0.29) is 5.82 Å². The summed E-state index contributed by atoms with van der Waals surface area (Å²) in [4.78, 5) is 0. The lowest BCUT2D eigenvalue weighted by Crippen LogP contribution is -2.27. The first kappa shape index (κ1) is 14.0. The SMILES string of the molecule is OC(CCCCl)(c1ccccc1)c1ccc(F)cc1. The van der Waals surface area contributed by atoms with Gasteiger partial charge >= 0.3 is 0 Å². The first-order valence-electron chi connectivity index (χ1n) is 6.27. The fraction of sp³-hybridized carbons (Fsp3) is 0.250. The van der Waals surface area contributed by atoms with Crippen LogP contribution >= 0.6 is 11.6 Å². The second-order valence-electron chi connectivity index (χ2n) is 4.53. The fourth-order valence-electron chi connectivity index (χ4n) is 2.22. The van der Waals surface area contributed by atoms with Gasteiger partial charge in [-0.25, -0.2) is 4.39 Å². The second kappa shape index (κ2) is 6.18. The number of halogens is 2. The molecule has 2 aromatic carbocycles. The summed E-state index contributed by atoms with van der Waals surface area (Å²) in [6.07, 6.45) is 1.19. The summed E-state index contributed by atoms with van der Waals surface area (Å²) >= 11 is 5.74. The van der Waals surface area contributed by atoms with Crippen molar-refractivity contribution >= 4 is 11.6 Å². The third kappa shape index (κ3) is 3.14. The van der Waals surface area contributed by atoms with Gasteiger partial charge in [0.1, 0.15) is 11.4 Å². The number of aliphatic hydroxyl groups is 1. The summed E-state index contributed by atoms with van der Waals surface area (Å²) in [6, 6.07) is 15.4. The van der Waals surface area contributed by atoms with Crippen LogP contribution in [0.5, 0.6) is 0 Å². The van der Waals surface area contributed by atoms with E-state index in [1.165, 1.54) is 12.1 Å². The first-order valence-corrected chi connectivity index (χ1v) is 6.80. The van der Waals surface area contributed by atoms with Gasteiger partial charge in [0.25, 0.3) is 0 Å². The summed E-state index contributed by atoms with van der Waals surface area (Å²) in [7, 11) is 0. The zero-order valence-electron chi connectivity index (χ0n) is 10.5. The Morgan fingerprint density at radius 1 is 0.947 bits per heavy atom. The molecule has 2 rings (SSSR count). The Labute approximate surface area is 117 Å². The molecule has 1 N–H and O–H groups in total. The van der Waals surface area contributed by atoms with Crippen molar-refractivity contribution in [2.24, 2.45) is 0 Å². The van der Waals surface area contributed by atoms with Crippen molar-refractivity contribution < 1.29 is 9.50 Å². The van der Waals surface area contributed by atoms with E-state index in [1.54, 1.807) is 12.1 Å². The van der Waals surface area contributed by atoms with E-state index in [1.807, 2.05) is 30.3 Å². The standard InChI is InChI=1S/C16H16ClFO/c17-12-4-11-16(19,13-5-2-1-3-6-13)14-7-9-15(18)10-8-14/h1-3,5-10,19H,4,11-12H2. The molecule has 0 aliphatic heterocycles. The summed E-state index contributed by atoms with van der Waals surface area (Å²) < 4.78 is 13.0. The molecule has 0 aliphatic rings. The smallest absolute Gasteiger partial charge is 0.123 e. The van der Waals surface area contributed by atoms with Crippen LogP contribution in [0, 0.1) is 5.82 Å². The minimum absolute atomic E-state index is 0.309. The van der Waals surface area contributed by atoms with Crippen LogP contribution in [0.25, 0.3) is 0 Å². The van der Waals surface area contributed by atoms with E-state index in [0.717, 1.165) is 5.56 Å². The highest BCUT2D eigenvalue weighted by atomic mass is 35.5. The molecule has 1 nitrogen and oxygen atoms in total. The topological polar surface area (TPSA) is 20.2 Å². The van der Waals surface area contributed by atoms with Crippen molar-refractivity contribution in [2.45, 2.75) is 18.4 Å². The van der Waals surface area contributed by atoms with Gasteiger partial charge < -0.3 is 5.11 Å². The molecule has 0 saturated carbocycles. The van der Waals surface area contributed by atoms with Crippen molar-refractivity contribution in [1.29, 1.82) is 0 Å².